The van der Waals surface area contributed by atoms with Crippen molar-refractivity contribution in [1.82, 2.24) is 4.90 Å². The number of nitrogens with one attached hydrogen (secondary N) is 1. The molecule has 6 nitrogen and oxygen atoms in total. The number of carbonyl (C=O) groups excluding carboxylic acids is 1. The van der Waals surface area contributed by atoms with Gasteiger partial charge in [-0.2, -0.15) is 11.8 Å². The van der Waals surface area contributed by atoms with E-state index < -0.39 is 17.7 Å². The smallest absolute Gasteiger partial charge is 0.339 e. The van der Waals surface area contributed by atoms with Gasteiger partial charge in [-0.1, -0.05) is 6.07 Å². The first-order valence-electron chi connectivity index (χ1n) is 5.96. The number of urea groups is 1. The van der Waals surface area contributed by atoms with Gasteiger partial charge in [0.15, 0.2) is 5.75 Å². The fraction of sp³-hybridized carbons (Fsp3) is 0.385. The maximum absolute atomic E-state index is 12.0. The number of nitrogens with zero attached hydrogens (tertiary/aromatic N) is 1. The molecule has 110 valence electrons. The molecule has 0 saturated heterocycles. The quantitative estimate of drug-likeness (QED) is 0.726. The third-order valence-corrected chi connectivity index (χ3v) is 3.71. The van der Waals surface area contributed by atoms with Gasteiger partial charge < -0.3 is 20.4 Å². The predicted octanol–water partition coefficient (Wildman–Crippen LogP) is 2.31. The summed E-state index contributed by atoms with van der Waals surface area (Å²) in [4.78, 5) is 24.4. The molecule has 0 radical (unpaired) electrons. The second-order valence-electron chi connectivity index (χ2n) is 4.35. The van der Waals surface area contributed by atoms with Gasteiger partial charge in [0.1, 0.15) is 5.56 Å². The average molecular weight is 298 g/mol. The number of carboxylic acid groups (broad SMARTS) is 1. The van der Waals surface area contributed by atoms with Crippen LogP contribution in [0.3, 0.4) is 0 Å². The van der Waals surface area contributed by atoms with Crippen molar-refractivity contribution in [2.45, 2.75) is 13.0 Å². The van der Waals surface area contributed by atoms with Crippen LogP contribution in [0.15, 0.2) is 18.2 Å². The van der Waals surface area contributed by atoms with Crippen molar-refractivity contribution in [3.05, 3.63) is 23.8 Å². The Morgan fingerprint density at radius 3 is 2.65 bits per heavy atom. The molecule has 0 heterocycles. The van der Waals surface area contributed by atoms with E-state index in [1.807, 2.05) is 13.2 Å². The van der Waals surface area contributed by atoms with E-state index in [1.54, 1.807) is 18.8 Å². The summed E-state index contributed by atoms with van der Waals surface area (Å²) in [6.45, 7) is 1.91. The van der Waals surface area contributed by atoms with E-state index in [1.165, 1.54) is 23.1 Å². The molecule has 0 bridgehead atoms. The first kappa shape index (κ1) is 16.2. The number of para-hydroxylation sites is 1. The highest BCUT2D eigenvalue weighted by atomic mass is 32.2. The zero-order chi connectivity index (χ0) is 15.3. The molecule has 7 heteroatoms. The summed E-state index contributed by atoms with van der Waals surface area (Å²) in [7, 11) is 1.65. The van der Waals surface area contributed by atoms with Gasteiger partial charge in [-0.25, -0.2) is 9.59 Å². The van der Waals surface area contributed by atoms with Crippen LogP contribution in [0.1, 0.15) is 17.3 Å². The van der Waals surface area contributed by atoms with E-state index in [9.17, 15) is 14.7 Å². The van der Waals surface area contributed by atoms with Gasteiger partial charge >= 0.3 is 12.0 Å². The SMILES string of the molecule is CSCC(C)N(C)C(=O)Nc1cccc(C(=O)O)c1O. The summed E-state index contributed by atoms with van der Waals surface area (Å²) in [5, 5.41) is 21.2. The molecule has 1 rings (SSSR count). The van der Waals surface area contributed by atoms with E-state index in [0.29, 0.717) is 0 Å². The normalized spacial score (nSPS) is 11.8. The standard InChI is InChI=1S/C13H18N2O4S/c1-8(7-20-3)15(2)13(19)14-10-6-4-5-9(11(10)16)12(17)18/h4-6,8,16H,7H2,1-3H3,(H,14,19)(H,17,18). The highest BCUT2D eigenvalue weighted by molar-refractivity contribution is 7.98. The average Bonchev–Trinajstić information content (AvgIpc) is 2.40. The Morgan fingerprint density at radius 2 is 2.10 bits per heavy atom. The molecule has 0 spiro atoms. The van der Waals surface area contributed by atoms with Crippen molar-refractivity contribution in [3.8, 4) is 5.75 Å². The van der Waals surface area contributed by atoms with Crippen LogP contribution in [0.25, 0.3) is 0 Å². The molecule has 2 amide bonds. The van der Waals surface area contributed by atoms with E-state index >= 15 is 0 Å². The Kier molecular flexibility index (Phi) is 5.69. The molecule has 20 heavy (non-hydrogen) atoms. The van der Waals surface area contributed by atoms with Gasteiger partial charge in [-0.3, -0.25) is 0 Å². The minimum absolute atomic E-state index is 0.0230. The van der Waals surface area contributed by atoms with Crippen molar-refractivity contribution < 1.29 is 19.8 Å². The van der Waals surface area contributed by atoms with Crippen LogP contribution in [0.2, 0.25) is 0 Å². The molecule has 0 aliphatic heterocycles. The fourth-order valence-corrected chi connectivity index (χ4v) is 2.28. The number of rotatable bonds is 5. The van der Waals surface area contributed by atoms with Crippen LogP contribution < -0.4 is 5.32 Å². The van der Waals surface area contributed by atoms with E-state index in [2.05, 4.69) is 5.32 Å². The molecular formula is C13H18N2O4S. The second kappa shape index (κ2) is 7.04. The number of amides is 2. The Balaban J connectivity index is 2.86. The number of aromatic carboxylic acids is 1. The number of carbonyl (C=O) groups is 2. The molecule has 1 atom stereocenters. The molecule has 0 saturated carbocycles. The topological polar surface area (TPSA) is 89.9 Å². The minimum Gasteiger partial charge on any atom is -0.505 e. The van der Waals surface area contributed by atoms with E-state index in [-0.39, 0.29) is 17.3 Å². The fourth-order valence-electron chi connectivity index (χ4n) is 1.57. The highest BCUT2D eigenvalue weighted by Gasteiger charge is 2.18. The Morgan fingerprint density at radius 1 is 1.45 bits per heavy atom. The summed E-state index contributed by atoms with van der Waals surface area (Å²) in [5.41, 5.74) is -0.166. The monoisotopic (exact) mass is 298 g/mol. The minimum atomic E-state index is -1.25. The molecule has 0 fully saturated rings. The number of benzene rings is 1. The van der Waals surface area contributed by atoms with Gasteiger partial charge in [-0.15, -0.1) is 0 Å². The van der Waals surface area contributed by atoms with E-state index in [0.717, 1.165) is 5.75 Å². The summed E-state index contributed by atoms with van der Waals surface area (Å²) in [6, 6.07) is 3.81. The molecule has 0 aliphatic rings. The van der Waals surface area contributed by atoms with Crippen molar-refractivity contribution >= 4 is 29.4 Å². The number of anilines is 1. The third-order valence-electron chi connectivity index (χ3n) is 2.90. The first-order chi connectivity index (χ1) is 9.38. The van der Waals surface area contributed by atoms with Crippen LogP contribution in [-0.2, 0) is 0 Å². The van der Waals surface area contributed by atoms with Crippen molar-refractivity contribution in [2.24, 2.45) is 0 Å². The highest BCUT2D eigenvalue weighted by Crippen LogP contribution is 2.27. The van der Waals surface area contributed by atoms with Crippen LogP contribution in [0, 0.1) is 0 Å². The molecule has 0 aromatic heterocycles. The number of hydrogen-bond donors (Lipinski definition) is 3. The lowest BCUT2D eigenvalue weighted by Gasteiger charge is -2.24. The van der Waals surface area contributed by atoms with Gasteiger partial charge in [0, 0.05) is 18.8 Å². The van der Waals surface area contributed by atoms with Crippen LogP contribution in [-0.4, -0.2) is 52.2 Å². The summed E-state index contributed by atoms with van der Waals surface area (Å²) in [6.07, 6.45) is 1.95. The maximum Gasteiger partial charge on any atom is 0.339 e. The lowest BCUT2D eigenvalue weighted by atomic mass is 10.1. The zero-order valence-corrected chi connectivity index (χ0v) is 12.4. The van der Waals surface area contributed by atoms with Gasteiger partial charge in [0.25, 0.3) is 0 Å². The van der Waals surface area contributed by atoms with Crippen molar-refractivity contribution in [3.63, 3.8) is 0 Å². The van der Waals surface area contributed by atoms with E-state index in [4.69, 9.17) is 5.11 Å². The molecule has 0 aliphatic carbocycles. The Labute approximate surface area is 121 Å². The number of aromatic hydroxyl groups is 1. The second-order valence-corrected chi connectivity index (χ2v) is 5.26. The number of phenols is 1. The van der Waals surface area contributed by atoms with Crippen LogP contribution >= 0.6 is 11.8 Å². The summed E-state index contributed by atoms with van der Waals surface area (Å²) < 4.78 is 0. The first-order valence-corrected chi connectivity index (χ1v) is 7.35. The van der Waals surface area contributed by atoms with Crippen LogP contribution in [0.4, 0.5) is 10.5 Å². The molecule has 3 N–H and O–H groups in total. The Bertz CT molecular complexity index is 507. The number of carboxylic acids is 1. The molecule has 1 unspecified atom stereocenters. The van der Waals surface area contributed by atoms with Gasteiger partial charge in [-0.05, 0) is 25.3 Å². The summed E-state index contributed by atoms with van der Waals surface area (Å²) >= 11 is 1.62. The lowest BCUT2D eigenvalue weighted by Crippen LogP contribution is -2.39. The summed E-state index contributed by atoms with van der Waals surface area (Å²) in [5.74, 6) is -0.910. The third kappa shape index (κ3) is 3.80. The number of thioether (sulfide) groups is 1. The lowest BCUT2D eigenvalue weighted by molar-refractivity contribution is 0.0693. The molecular weight excluding hydrogens is 280 g/mol. The predicted molar refractivity (Wildman–Crippen MR) is 79.7 cm³/mol. The van der Waals surface area contributed by atoms with Crippen molar-refractivity contribution in [1.29, 1.82) is 0 Å². The van der Waals surface area contributed by atoms with Crippen LogP contribution in [0.5, 0.6) is 5.75 Å². The maximum atomic E-state index is 12.0. The van der Waals surface area contributed by atoms with Gasteiger partial charge in [0.2, 0.25) is 0 Å². The van der Waals surface area contributed by atoms with Crippen molar-refractivity contribution in [2.75, 3.05) is 24.4 Å². The molecule has 1 aromatic rings. The van der Waals surface area contributed by atoms with Gasteiger partial charge in [0.05, 0.1) is 5.69 Å². The Hall–Kier alpha value is -1.89. The number of hydrogen-bond acceptors (Lipinski definition) is 4. The molecule has 1 aromatic carbocycles. The zero-order valence-electron chi connectivity index (χ0n) is 11.6. The largest absolute Gasteiger partial charge is 0.505 e.